The molecule has 0 aliphatic heterocycles. The van der Waals surface area contributed by atoms with E-state index in [1.165, 1.54) is 0 Å². The van der Waals surface area contributed by atoms with E-state index in [2.05, 4.69) is 9.47 Å². The number of hydrogen-bond donors (Lipinski definition) is 3. The molecule has 0 saturated heterocycles. The largest absolute Gasteiger partial charge is 0.433 e. The lowest BCUT2D eigenvalue weighted by molar-refractivity contribution is -0.288. The maximum absolute atomic E-state index is 10.9. The normalized spacial score (nSPS) is 17.2. The molecular weight excluding hydrogens is 248 g/mol. The molecule has 0 amide bonds. The van der Waals surface area contributed by atoms with Crippen LogP contribution in [0.5, 0.6) is 0 Å². The van der Waals surface area contributed by atoms with E-state index in [1.54, 1.807) is 0 Å². The molecule has 8 heteroatoms. The van der Waals surface area contributed by atoms with Crippen LogP contribution in [0.3, 0.4) is 0 Å². The van der Waals surface area contributed by atoms with Crippen molar-refractivity contribution in [1.29, 1.82) is 0 Å². The minimum atomic E-state index is -2.66. The van der Waals surface area contributed by atoms with Gasteiger partial charge in [0.05, 0.1) is 6.42 Å². The number of aliphatic hydroxyl groups excluding tert-OH is 2. The number of esters is 2. The van der Waals surface area contributed by atoms with Crippen LogP contribution in [0.4, 0.5) is 0 Å². The van der Waals surface area contributed by atoms with Crippen LogP contribution in [0, 0.1) is 0 Å². The Balaban J connectivity index is 4.98. The number of ketones is 1. The Morgan fingerprint density at radius 2 is 1.61 bits per heavy atom. The van der Waals surface area contributed by atoms with Gasteiger partial charge in [0.2, 0.25) is 6.29 Å². The van der Waals surface area contributed by atoms with Gasteiger partial charge in [-0.3, -0.25) is 14.4 Å². The minimum Gasteiger partial charge on any atom is -0.433 e. The van der Waals surface area contributed by atoms with Crippen molar-refractivity contribution in [1.82, 2.24) is 0 Å². The van der Waals surface area contributed by atoms with Gasteiger partial charge in [0.25, 0.3) is 5.79 Å². The zero-order valence-corrected chi connectivity index (χ0v) is 10.2. The second kappa shape index (κ2) is 6.43. The number of hydrogen-bond acceptors (Lipinski definition) is 8. The second-order valence-electron chi connectivity index (χ2n) is 3.76. The fraction of sp³-hybridized carbons (Fsp3) is 0.700. The van der Waals surface area contributed by atoms with Crippen LogP contribution in [0.25, 0.3) is 0 Å². The molecule has 3 atom stereocenters. The predicted molar refractivity (Wildman–Crippen MR) is 55.8 cm³/mol. The number of rotatable bonds is 6. The van der Waals surface area contributed by atoms with Crippen molar-refractivity contribution in [2.45, 2.75) is 45.4 Å². The number of carbonyl (C=O) groups excluding carboxylic acids is 3. The molecule has 0 aliphatic carbocycles. The smallest absolute Gasteiger partial charge is 0.305 e. The standard InChI is InChI=1S/C10H16O8/c1-5(11)4-10(16,18-7(3)13)8(14)9(15)17-6(2)12/h8-9,14-16H,4H2,1-3H3/t8-,9?,10-/m1/s1. The third-order valence-corrected chi connectivity index (χ3v) is 1.84. The third kappa shape index (κ3) is 5.21. The lowest BCUT2D eigenvalue weighted by Crippen LogP contribution is -2.53. The first-order valence-corrected chi connectivity index (χ1v) is 5.03. The fourth-order valence-corrected chi connectivity index (χ4v) is 1.26. The SMILES string of the molecule is CC(=O)C[C@@](O)(OC(C)=O)[C@H](O)C(O)OC(C)=O. The van der Waals surface area contributed by atoms with Crippen molar-refractivity contribution >= 4 is 17.7 Å². The molecule has 0 aromatic carbocycles. The minimum absolute atomic E-state index is 0.604. The molecule has 0 heterocycles. The lowest BCUT2D eigenvalue weighted by atomic mass is 10.0. The highest BCUT2D eigenvalue weighted by molar-refractivity contribution is 5.77. The van der Waals surface area contributed by atoms with Gasteiger partial charge < -0.3 is 24.8 Å². The van der Waals surface area contributed by atoms with Gasteiger partial charge >= 0.3 is 11.9 Å². The quantitative estimate of drug-likeness (QED) is 0.388. The topological polar surface area (TPSA) is 130 Å². The van der Waals surface area contributed by atoms with E-state index in [1.807, 2.05) is 0 Å². The average molecular weight is 264 g/mol. The summed E-state index contributed by atoms with van der Waals surface area (Å²) in [5, 5.41) is 28.7. The highest BCUT2D eigenvalue weighted by Gasteiger charge is 2.45. The molecule has 0 saturated carbocycles. The molecule has 0 radical (unpaired) electrons. The molecule has 0 rings (SSSR count). The Bertz CT molecular complexity index is 321. The Morgan fingerprint density at radius 3 is 1.94 bits per heavy atom. The third-order valence-electron chi connectivity index (χ3n) is 1.84. The van der Waals surface area contributed by atoms with Crippen molar-refractivity contribution in [3.8, 4) is 0 Å². The summed E-state index contributed by atoms with van der Waals surface area (Å²) >= 11 is 0. The number of aliphatic hydroxyl groups is 3. The fourth-order valence-electron chi connectivity index (χ4n) is 1.26. The maximum Gasteiger partial charge on any atom is 0.305 e. The molecule has 0 aromatic rings. The monoisotopic (exact) mass is 264 g/mol. The summed E-state index contributed by atoms with van der Waals surface area (Å²) in [6, 6.07) is 0. The van der Waals surface area contributed by atoms with E-state index in [-0.39, 0.29) is 0 Å². The number of carbonyl (C=O) groups is 3. The summed E-state index contributed by atoms with van der Waals surface area (Å²) < 4.78 is 8.63. The summed E-state index contributed by atoms with van der Waals surface area (Å²) in [7, 11) is 0. The Morgan fingerprint density at radius 1 is 1.11 bits per heavy atom. The highest BCUT2D eigenvalue weighted by atomic mass is 16.7. The molecule has 8 nitrogen and oxygen atoms in total. The van der Waals surface area contributed by atoms with Gasteiger partial charge in [-0.2, -0.15) is 0 Å². The summed E-state index contributed by atoms with van der Waals surface area (Å²) in [5.41, 5.74) is 0. The summed E-state index contributed by atoms with van der Waals surface area (Å²) in [6.07, 6.45) is -5.06. The zero-order chi connectivity index (χ0) is 14.5. The molecule has 18 heavy (non-hydrogen) atoms. The van der Waals surface area contributed by atoms with Gasteiger partial charge in [-0.05, 0) is 6.92 Å². The maximum atomic E-state index is 10.9. The van der Waals surface area contributed by atoms with Crippen molar-refractivity contribution in [3.05, 3.63) is 0 Å². The van der Waals surface area contributed by atoms with Gasteiger partial charge in [0.15, 0.2) is 6.10 Å². The van der Waals surface area contributed by atoms with Gasteiger partial charge in [0, 0.05) is 13.8 Å². The van der Waals surface area contributed by atoms with Crippen LogP contribution in [0.2, 0.25) is 0 Å². The van der Waals surface area contributed by atoms with E-state index in [4.69, 9.17) is 0 Å². The van der Waals surface area contributed by atoms with E-state index in [0.29, 0.717) is 0 Å². The van der Waals surface area contributed by atoms with Crippen LogP contribution < -0.4 is 0 Å². The second-order valence-corrected chi connectivity index (χ2v) is 3.76. The van der Waals surface area contributed by atoms with Crippen LogP contribution in [-0.4, -0.2) is 51.2 Å². The number of ether oxygens (including phenoxy) is 2. The van der Waals surface area contributed by atoms with E-state index >= 15 is 0 Å². The molecule has 0 aliphatic rings. The molecule has 3 N–H and O–H groups in total. The molecule has 1 unspecified atom stereocenters. The number of Topliss-reactive ketones (excluding diaryl/α,β-unsaturated/α-hetero) is 1. The van der Waals surface area contributed by atoms with Crippen molar-refractivity contribution in [3.63, 3.8) is 0 Å². The molecule has 0 fully saturated rings. The van der Waals surface area contributed by atoms with Crippen molar-refractivity contribution in [2.24, 2.45) is 0 Å². The van der Waals surface area contributed by atoms with E-state index < -0.39 is 42.3 Å². The first kappa shape index (κ1) is 16.5. The van der Waals surface area contributed by atoms with E-state index in [9.17, 15) is 29.7 Å². The van der Waals surface area contributed by atoms with E-state index in [0.717, 1.165) is 20.8 Å². The highest BCUT2D eigenvalue weighted by Crippen LogP contribution is 2.22. The Labute approximate surface area is 103 Å². The summed E-state index contributed by atoms with van der Waals surface area (Å²) in [6.45, 7) is 2.99. The Kier molecular flexibility index (Phi) is 5.89. The predicted octanol–water partition coefficient (Wildman–Crippen LogP) is -1.54. The van der Waals surface area contributed by atoms with Gasteiger partial charge in [-0.25, -0.2) is 0 Å². The molecule has 0 bridgehead atoms. The zero-order valence-electron chi connectivity index (χ0n) is 10.2. The van der Waals surface area contributed by atoms with Gasteiger partial charge in [-0.15, -0.1) is 0 Å². The molecule has 104 valence electrons. The van der Waals surface area contributed by atoms with Gasteiger partial charge in [-0.1, -0.05) is 0 Å². The molecule has 0 spiro atoms. The summed E-state index contributed by atoms with van der Waals surface area (Å²) in [4.78, 5) is 32.3. The lowest BCUT2D eigenvalue weighted by Gasteiger charge is -2.32. The van der Waals surface area contributed by atoms with Gasteiger partial charge in [0.1, 0.15) is 5.78 Å². The Hall–Kier alpha value is -1.51. The first-order valence-electron chi connectivity index (χ1n) is 5.03. The van der Waals surface area contributed by atoms with Crippen LogP contribution in [0.1, 0.15) is 27.2 Å². The average Bonchev–Trinajstić information content (AvgIpc) is 2.12. The van der Waals surface area contributed by atoms with Crippen LogP contribution in [-0.2, 0) is 23.9 Å². The van der Waals surface area contributed by atoms with Crippen LogP contribution >= 0.6 is 0 Å². The van der Waals surface area contributed by atoms with Crippen molar-refractivity contribution in [2.75, 3.05) is 0 Å². The summed E-state index contributed by atoms with van der Waals surface area (Å²) in [5.74, 6) is -5.16. The van der Waals surface area contributed by atoms with Crippen molar-refractivity contribution < 1.29 is 39.2 Å². The van der Waals surface area contributed by atoms with Crippen LogP contribution in [0.15, 0.2) is 0 Å². The first-order chi connectivity index (χ1) is 8.08. The molecule has 0 aromatic heterocycles. The molecular formula is C10H16O8.